The molecular weight excluding hydrogens is 154 g/mol. The fourth-order valence-corrected chi connectivity index (χ4v) is 0. The van der Waals surface area contributed by atoms with Crippen molar-refractivity contribution in [3.63, 3.8) is 0 Å². The third-order valence-electron chi connectivity index (χ3n) is 0. The van der Waals surface area contributed by atoms with E-state index in [-0.39, 0.29) is 17.1 Å². The maximum absolute atomic E-state index is 9.41. The van der Waals surface area contributed by atoms with Gasteiger partial charge in [0.1, 0.15) is 0 Å². The minimum Gasteiger partial charge on any atom is -0.229 e. The number of primary sulfonamides is 1. The SMILES string of the molecule is CS(N)(=O)=O.[Cu]. The van der Waals surface area contributed by atoms with E-state index in [9.17, 15) is 8.42 Å². The molecule has 0 rings (SSSR count). The van der Waals surface area contributed by atoms with Crippen LogP contribution in [0.15, 0.2) is 0 Å². The Morgan fingerprint density at radius 2 is 1.50 bits per heavy atom. The predicted molar refractivity (Wildman–Crippen MR) is 19.0 cm³/mol. The fraction of sp³-hybridized carbons (Fsp3) is 1.00. The predicted octanol–water partition coefficient (Wildman–Crippen LogP) is -1.10. The van der Waals surface area contributed by atoms with E-state index >= 15 is 0 Å². The summed E-state index contributed by atoms with van der Waals surface area (Å²) in [5, 5.41) is 4.33. The third kappa shape index (κ3) is 282. The summed E-state index contributed by atoms with van der Waals surface area (Å²) in [7, 11) is -3.17. The van der Waals surface area contributed by atoms with Gasteiger partial charge in [0.05, 0.1) is 6.26 Å². The summed E-state index contributed by atoms with van der Waals surface area (Å²) in [6.07, 6.45) is 0.938. The Morgan fingerprint density at radius 3 is 1.50 bits per heavy atom. The van der Waals surface area contributed by atoms with Gasteiger partial charge in [-0.25, -0.2) is 13.6 Å². The van der Waals surface area contributed by atoms with E-state index in [1.54, 1.807) is 0 Å². The Hall–Kier alpha value is 0.429. The van der Waals surface area contributed by atoms with Crippen LogP contribution in [0.1, 0.15) is 0 Å². The maximum atomic E-state index is 9.41. The van der Waals surface area contributed by atoms with Crippen LogP contribution in [0.5, 0.6) is 0 Å². The summed E-state index contributed by atoms with van der Waals surface area (Å²) >= 11 is 0. The van der Waals surface area contributed by atoms with E-state index in [4.69, 9.17) is 0 Å². The van der Waals surface area contributed by atoms with Crippen molar-refractivity contribution in [3.8, 4) is 0 Å². The first-order chi connectivity index (χ1) is 2.00. The Labute approximate surface area is 47.4 Å². The second-order valence-electron chi connectivity index (χ2n) is 0.830. The molecule has 0 aliphatic carbocycles. The van der Waals surface area contributed by atoms with Gasteiger partial charge in [-0.3, -0.25) is 0 Å². The molecule has 0 saturated heterocycles. The molecular formula is CH5CuNO2S. The Balaban J connectivity index is 0. The van der Waals surface area contributed by atoms with Crippen LogP contribution in [-0.2, 0) is 27.1 Å². The molecule has 0 aromatic heterocycles. The molecule has 6 heavy (non-hydrogen) atoms. The van der Waals surface area contributed by atoms with Crippen LogP contribution < -0.4 is 5.14 Å². The van der Waals surface area contributed by atoms with Gasteiger partial charge in [-0.05, 0) is 0 Å². The molecule has 0 aromatic carbocycles. The summed E-state index contributed by atoms with van der Waals surface area (Å²) in [5.41, 5.74) is 0. The van der Waals surface area contributed by atoms with Gasteiger partial charge in [0.25, 0.3) is 0 Å². The van der Waals surface area contributed by atoms with E-state index in [1.807, 2.05) is 0 Å². The van der Waals surface area contributed by atoms with Crippen molar-refractivity contribution < 1.29 is 25.5 Å². The maximum Gasteiger partial charge on any atom is 0.206 e. The van der Waals surface area contributed by atoms with Crippen molar-refractivity contribution in [2.45, 2.75) is 0 Å². The van der Waals surface area contributed by atoms with Crippen LogP contribution in [0, 0.1) is 0 Å². The first kappa shape index (κ1) is 9.66. The van der Waals surface area contributed by atoms with E-state index in [1.165, 1.54) is 0 Å². The number of hydrogen-bond acceptors (Lipinski definition) is 2. The van der Waals surface area contributed by atoms with Crippen LogP contribution in [-0.4, -0.2) is 14.7 Å². The standard InChI is InChI=1S/CH5NO2S.Cu/c1-5(2,3)4;/h1H3,(H2,2,3,4);. The summed E-state index contributed by atoms with van der Waals surface area (Å²) < 4.78 is 18.8. The number of sulfonamides is 1. The normalized spacial score (nSPS) is 9.67. The Morgan fingerprint density at radius 1 is 1.50 bits per heavy atom. The van der Waals surface area contributed by atoms with E-state index in [0.29, 0.717) is 0 Å². The van der Waals surface area contributed by atoms with Crippen molar-refractivity contribution in [1.29, 1.82) is 0 Å². The summed E-state index contributed by atoms with van der Waals surface area (Å²) in [4.78, 5) is 0. The van der Waals surface area contributed by atoms with Gasteiger partial charge < -0.3 is 0 Å². The number of nitrogens with two attached hydrogens (primary N) is 1. The molecule has 0 aliphatic heterocycles. The molecule has 0 bridgehead atoms. The zero-order valence-corrected chi connectivity index (χ0v) is 4.86. The van der Waals surface area contributed by atoms with Gasteiger partial charge >= 0.3 is 0 Å². The number of hydrogen-bond donors (Lipinski definition) is 1. The average Bonchev–Trinajstić information content (AvgIpc) is 0.722. The van der Waals surface area contributed by atoms with Gasteiger partial charge in [0.15, 0.2) is 0 Å². The first-order valence-corrected chi connectivity index (χ1v) is 2.93. The monoisotopic (exact) mass is 158 g/mol. The molecule has 0 fully saturated rings. The number of rotatable bonds is 0. The van der Waals surface area contributed by atoms with Crippen molar-refractivity contribution in [3.05, 3.63) is 0 Å². The largest absolute Gasteiger partial charge is 0.229 e. The molecule has 0 aromatic rings. The van der Waals surface area contributed by atoms with E-state index in [0.717, 1.165) is 6.26 Å². The molecule has 5 heteroatoms. The van der Waals surface area contributed by atoms with E-state index < -0.39 is 10.0 Å². The van der Waals surface area contributed by atoms with Crippen LogP contribution >= 0.6 is 0 Å². The minimum atomic E-state index is -3.17. The molecule has 1 radical (unpaired) electrons. The minimum absolute atomic E-state index is 0. The summed E-state index contributed by atoms with van der Waals surface area (Å²) in [6.45, 7) is 0. The van der Waals surface area contributed by atoms with Crippen LogP contribution in [0.4, 0.5) is 0 Å². The average molecular weight is 159 g/mol. The summed E-state index contributed by atoms with van der Waals surface area (Å²) in [5.74, 6) is 0. The molecule has 0 spiro atoms. The molecule has 0 aliphatic rings. The van der Waals surface area contributed by atoms with Gasteiger partial charge in [0.2, 0.25) is 10.0 Å². The smallest absolute Gasteiger partial charge is 0.206 e. The van der Waals surface area contributed by atoms with Crippen molar-refractivity contribution in [1.82, 2.24) is 0 Å². The van der Waals surface area contributed by atoms with Crippen LogP contribution in [0.2, 0.25) is 0 Å². The molecule has 0 saturated carbocycles. The zero-order chi connectivity index (χ0) is 4.50. The van der Waals surface area contributed by atoms with E-state index in [2.05, 4.69) is 5.14 Å². The molecule has 0 atom stereocenters. The van der Waals surface area contributed by atoms with Gasteiger partial charge in [0, 0.05) is 17.1 Å². The summed E-state index contributed by atoms with van der Waals surface area (Å²) in [6, 6.07) is 0. The Bertz CT molecular complexity index is 96.7. The van der Waals surface area contributed by atoms with Gasteiger partial charge in [-0.1, -0.05) is 0 Å². The zero-order valence-electron chi connectivity index (χ0n) is 3.10. The van der Waals surface area contributed by atoms with Crippen molar-refractivity contribution in [2.24, 2.45) is 5.14 Å². The molecule has 0 heterocycles. The first-order valence-electron chi connectivity index (χ1n) is 0.977. The second-order valence-corrected chi connectivity index (χ2v) is 2.49. The third-order valence-corrected chi connectivity index (χ3v) is 0. The van der Waals surface area contributed by atoms with Gasteiger partial charge in [-0.15, -0.1) is 0 Å². The Kier molecular flexibility index (Phi) is 4.15. The molecule has 3 nitrogen and oxygen atoms in total. The second kappa shape index (κ2) is 2.58. The molecule has 2 N–H and O–H groups in total. The van der Waals surface area contributed by atoms with Crippen molar-refractivity contribution in [2.75, 3.05) is 6.26 Å². The molecule has 0 amide bonds. The molecule has 0 unspecified atom stereocenters. The van der Waals surface area contributed by atoms with Crippen molar-refractivity contribution >= 4 is 10.0 Å². The van der Waals surface area contributed by atoms with Crippen LogP contribution in [0.3, 0.4) is 0 Å². The molecule has 43 valence electrons. The quantitative estimate of drug-likeness (QED) is 0.455. The fourth-order valence-electron chi connectivity index (χ4n) is 0. The topological polar surface area (TPSA) is 60.2 Å². The van der Waals surface area contributed by atoms with Crippen LogP contribution in [0.25, 0.3) is 0 Å². The van der Waals surface area contributed by atoms with Gasteiger partial charge in [-0.2, -0.15) is 0 Å².